The Kier molecular flexibility index (Phi) is 2.22. The molecule has 0 saturated heterocycles. The Bertz CT molecular complexity index is 394. The zero-order valence-electron chi connectivity index (χ0n) is 7.12. The Hall–Kier alpha value is -2.18. The smallest absolute Gasteiger partial charge is 0.327 e. The number of imidazole rings is 1. The number of hydrogen-bond donors (Lipinski definition) is 1. The van der Waals surface area contributed by atoms with E-state index in [1.807, 2.05) is 0 Å². The topological polar surface area (TPSA) is 85.8 Å². The van der Waals surface area contributed by atoms with Crippen molar-refractivity contribution in [2.45, 2.75) is 6.54 Å². The molecule has 72 valence electrons. The van der Waals surface area contributed by atoms with Gasteiger partial charge in [-0.15, -0.1) is 0 Å². The van der Waals surface area contributed by atoms with E-state index in [1.54, 1.807) is 6.20 Å². The minimum Gasteiger partial charge on any atom is -0.343 e. The zero-order valence-corrected chi connectivity index (χ0v) is 7.12. The molecule has 2 rings (SSSR count). The van der Waals surface area contributed by atoms with Gasteiger partial charge in [-0.05, 0) is 0 Å². The van der Waals surface area contributed by atoms with Crippen LogP contribution in [-0.2, 0) is 6.54 Å². The second-order valence-corrected chi connectivity index (χ2v) is 2.48. The molecule has 0 bridgehead atoms. The van der Waals surface area contributed by atoms with Crippen LogP contribution < -0.4 is 5.32 Å². The van der Waals surface area contributed by atoms with Crippen LogP contribution in [0.3, 0.4) is 0 Å². The van der Waals surface area contributed by atoms with Crippen molar-refractivity contribution >= 4 is 6.03 Å². The van der Waals surface area contributed by atoms with Gasteiger partial charge in [0.05, 0.1) is 6.54 Å². The molecule has 0 aliphatic heterocycles. The van der Waals surface area contributed by atoms with Gasteiger partial charge < -0.3 is 9.84 Å². The highest BCUT2D eigenvalue weighted by Gasteiger charge is 2.04. The van der Waals surface area contributed by atoms with E-state index in [1.165, 1.54) is 23.5 Å². The Balaban J connectivity index is 1.90. The van der Waals surface area contributed by atoms with E-state index in [0.29, 0.717) is 5.82 Å². The number of rotatable bonds is 2. The number of carbonyl (C=O) groups is 1. The average molecular weight is 193 g/mol. The molecule has 2 aromatic rings. The second kappa shape index (κ2) is 3.69. The van der Waals surface area contributed by atoms with E-state index < -0.39 is 0 Å². The maximum atomic E-state index is 11.3. The molecule has 2 aromatic heterocycles. The lowest BCUT2D eigenvalue weighted by Crippen LogP contribution is -2.27. The molecule has 14 heavy (non-hydrogen) atoms. The van der Waals surface area contributed by atoms with Gasteiger partial charge in [-0.1, -0.05) is 5.16 Å². The van der Waals surface area contributed by atoms with Gasteiger partial charge in [0.1, 0.15) is 6.33 Å². The number of carbonyl (C=O) groups excluding carboxylic acids is 1. The fourth-order valence-corrected chi connectivity index (χ4v) is 0.896. The van der Waals surface area contributed by atoms with Crippen molar-refractivity contribution in [3.8, 4) is 0 Å². The van der Waals surface area contributed by atoms with Gasteiger partial charge in [-0.25, -0.2) is 9.78 Å². The largest absolute Gasteiger partial charge is 0.343 e. The lowest BCUT2D eigenvalue weighted by atomic mass is 10.6. The molecule has 7 nitrogen and oxygen atoms in total. The minimum atomic E-state index is -0.285. The van der Waals surface area contributed by atoms with Crippen LogP contribution in [-0.4, -0.2) is 25.7 Å². The monoisotopic (exact) mass is 193 g/mol. The van der Waals surface area contributed by atoms with Crippen LogP contribution in [0.25, 0.3) is 0 Å². The Labute approximate surface area is 78.8 Å². The number of nitrogens with one attached hydrogen (secondary N) is 1. The number of aromatic nitrogens is 4. The lowest BCUT2D eigenvalue weighted by molar-refractivity contribution is 0.241. The third-order valence-corrected chi connectivity index (χ3v) is 1.54. The molecule has 0 unspecified atom stereocenters. The van der Waals surface area contributed by atoms with Crippen LogP contribution in [0.1, 0.15) is 5.82 Å². The van der Waals surface area contributed by atoms with Crippen molar-refractivity contribution < 1.29 is 9.32 Å². The standard InChI is InChI=1S/C7H7N5O2/c13-7(12-2-1-8-4-12)9-3-6-10-5-14-11-6/h1-2,4-5H,3H2,(H,9,13). The van der Waals surface area contributed by atoms with Crippen LogP contribution in [0.5, 0.6) is 0 Å². The van der Waals surface area contributed by atoms with E-state index in [9.17, 15) is 4.79 Å². The van der Waals surface area contributed by atoms with Crippen molar-refractivity contribution in [3.63, 3.8) is 0 Å². The summed E-state index contributed by atoms with van der Waals surface area (Å²) in [5.74, 6) is 0.429. The van der Waals surface area contributed by atoms with E-state index >= 15 is 0 Å². The van der Waals surface area contributed by atoms with Gasteiger partial charge in [-0.3, -0.25) is 4.57 Å². The normalized spacial score (nSPS) is 10.0. The number of nitrogens with zero attached hydrogens (tertiary/aromatic N) is 4. The molecule has 0 radical (unpaired) electrons. The first-order valence-electron chi connectivity index (χ1n) is 3.87. The van der Waals surface area contributed by atoms with Crippen molar-refractivity contribution in [1.29, 1.82) is 0 Å². The summed E-state index contributed by atoms with van der Waals surface area (Å²) in [6.45, 7) is 0.230. The predicted molar refractivity (Wildman–Crippen MR) is 44.2 cm³/mol. The molecule has 0 atom stereocenters. The minimum absolute atomic E-state index is 0.230. The van der Waals surface area contributed by atoms with Crippen molar-refractivity contribution in [2.75, 3.05) is 0 Å². The average Bonchev–Trinajstić information content (AvgIpc) is 2.87. The molecule has 0 aromatic carbocycles. The molecule has 0 aliphatic rings. The predicted octanol–water partition coefficient (Wildman–Crippen LogP) is 0.0240. The number of amides is 1. The van der Waals surface area contributed by atoms with Crippen LogP contribution in [0, 0.1) is 0 Å². The summed E-state index contributed by atoms with van der Waals surface area (Å²) in [7, 11) is 0. The molecule has 0 saturated carbocycles. The van der Waals surface area contributed by atoms with Crippen molar-refractivity contribution in [2.24, 2.45) is 0 Å². The lowest BCUT2D eigenvalue weighted by Gasteiger charge is -2.00. The van der Waals surface area contributed by atoms with Crippen molar-refractivity contribution in [1.82, 2.24) is 25.0 Å². The molecular weight excluding hydrogens is 186 g/mol. The van der Waals surface area contributed by atoms with E-state index in [4.69, 9.17) is 0 Å². The number of hydrogen-bond acceptors (Lipinski definition) is 5. The first-order valence-corrected chi connectivity index (χ1v) is 3.87. The molecule has 0 fully saturated rings. The molecule has 1 amide bonds. The molecule has 1 N–H and O–H groups in total. The highest BCUT2D eigenvalue weighted by atomic mass is 16.5. The van der Waals surface area contributed by atoms with E-state index in [-0.39, 0.29) is 12.6 Å². The quantitative estimate of drug-likeness (QED) is 0.726. The SMILES string of the molecule is O=C(NCc1ncon1)n1ccnc1. The fourth-order valence-electron chi connectivity index (χ4n) is 0.896. The summed E-state index contributed by atoms with van der Waals surface area (Å²) < 4.78 is 5.83. The van der Waals surface area contributed by atoms with Gasteiger partial charge in [0.15, 0.2) is 5.82 Å². The summed E-state index contributed by atoms with van der Waals surface area (Å²) in [5.41, 5.74) is 0. The summed E-state index contributed by atoms with van der Waals surface area (Å²) >= 11 is 0. The summed E-state index contributed by atoms with van der Waals surface area (Å²) in [4.78, 5) is 18.8. The van der Waals surface area contributed by atoms with Crippen LogP contribution >= 0.6 is 0 Å². The third kappa shape index (κ3) is 1.76. The fraction of sp³-hybridized carbons (Fsp3) is 0.143. The molecular formula is C7H7N5O2. The van der Waals surface area contributed by atoms with Gasteiger partial charge >= 0.3 is 6.03 Å². The molecule has 2 heterocycles. The van der Waals surface area contributed by atoms with Gasteiger partial charge in [0.2, 0.25) is 6.39 Å². The Morgan fingerprint density at radius 3 is 3.21 bits per heavy atom. The maximum absolute atomic E-state index is 11.3. The van der Waals surface area contributed by atoms with Crippen LogP contribution in [0.4, 0.5) is 4.79 Å². The summed E-state index contributed by atoms with van der Waals surface area (Å²) in [6, 6.07) is -0.285. The van der Waals surface area contributed by atoms with E-state index in [2.05, 4.69) is 25.0 Å². The maximum Gasteiger partial charge on any atom is 0.327 e. The highest BCUT2D eigenvalue weighted by Crippen LogP contribution is 1.89. The summed E-state index contributed by atoms with van der Waals surface area (Å²) in [6.07, 6.45) is 5.68. The van der Waals surface area contributed by atoms with Gasteiger partial charge in [0.25, 0.3) is 0 Å². The first-order chi connectivity index (χ1) is 6.86. The molecule has 0 aliphatic carbocycles. The third-order valence-electron chi connectivity index (χ3n) is 1.54. The highest BCUT2D eigenvalue weighted by molar-refractivity contribution is 5.76. The molecule has 7 heteroatoms. The zero-order chi connectivity index (χ0) is 9.80. The van der Waals surface area contributed by atoms with Crippen LogP contribution in [0.2, 0.25) is 0 Å². The second-order valence-electron chi connectivity index (χ2n) is 2.48. The Morgan fingerprint density at radius 2 is 2.57 bits per heavy atom. The Morgan fingerprint density at radius 1 is 1.64 bits per heavy atom. The van der Waals surface area contributed by atoms with Crippen molar-refractivity contribution in [3.05, 3.63) is 30.9 Å². The molecule has 0 spiro atoms. The van der Waals surface area contributed by atoms with Gasteiger partial charge in [0, 0.05) is 12.4 Å². The van der Waals surface area contributed by atoms with E-state index in [0.717, 1.165) is 0 Å². The van der Waals surface area contributed by atoms with Crippen LogP contribution in [0.15, 0.2) is 29.6 Å². The first kappa shape index (κ1) is 8.42. The van der Waals surface area contributed by atoms with Gasteiger partial charge in [-0.2, -0.15) is 4.98 Å². The summed E-state index contributed by atoms with van der Waals surface area (Å²) in [5, 5.41) is 6.13.